The zero-order chi connectivity index (χ0) is 13.8. The number of imidazole rings is 1. The van der Waals surface area contributed by atoms with E-state index in [0.29, 0.717) is 5.92 Å². The molecule has 1 aliphatic rings. The highest BCUT2D eigenvalue weighted by molar-refractivity contribution is 5.38. The van der Waals surface area contributed by atoms with Crippen LogP contribution < -0.4 is 5.73 Å². The summed E-state index contributed by atoms with van der Waals surface area (Å²) in [5, 5.41) is 0. The predicted molar refractivity (Wildman–Crippen MR) is 81.1 cm³/mol. The Balaban J connectivity index is 2.13. The van der Waals surface area contributed by atoms with Gasteiger partial charge in [-0.15, -0.1) is 0 Å². The van der Waals surface area contributed by atoms with Gasteiger partial charge in [-0.2, -0.15) is 0 Å². The summed E-state index contributed by atoms with van der Waals surface area (Å²) in [6, 6.07) is 0. The van der Waals surface area contributed by atoms with Crippen LogP contribution in [0.25, 0.3) is 0 Å². The number of nitrogens with zero attached hydrogens (tertiary/aromatic N) is 2. The lowest BCUT2D eigenvalue weighted by Crippen LogP contribution is -2.13. The van der Waals surface area contributed by atoms with Gasteiger partial charge < -0.3 is 10.3 Å². The van der Waals surface area contributed by atoms with Crippen molar-refractivity contribution in [3.63, 3.8) is 0 Å². The van der Waals surface area contributed by atoms with E-state index >= 15 is 0 Å². The molecule has 1 heterocycles. The maximum Gasteiger partial charge on any atom is 0.126 e. The number of aryl methyl sites for hydroxylation is 1. The first-order chi connectivity index (χ1) is 9.11. The van der Waals surface area contributed by atoms with E-state index < -0.39 is 0 Å². The minimum Gasteiger partial charge on any atom is -0.384 e. The maximum atomic E-state index is 6.35. The van der Waals surface area contributed by atoms with Crippen LogP contribution in [0.15, 0.2) is 0 Å². The van der Waals surface area contributed by atoms with Crippen LogP contribution in [-0.4, -0.2) is 9.55 Å². The van der Waals surface area contributed by atoms with Gasteiger partial charge in [-0.3, -0.25) is 0 Å². The summed E-state index contributed by atoms with van der Waals surface area (Å²) in [6.45, 7) is 7.63. The van der Waals surface area contributed by atoms with Crippen molar-refractivity contribution in [3.8, 4) is 0 Å². The molecule has 0 saturated heterocycles. The highest BCUT2D eigenvalue weighted by Gasteiger charge is 2.20. The molecule has 0 radical (unpaired) electrons. The summed E-state index contributed by atoms with van der Waals surface area (Å²) in [7, 11) is 0. The molecular formula is C16H29N3. The molecule has 1 saturated carbocycles. The maximum absolute atomic E-state index is 6.35. The van der Waals surface area contributed by atoms with Gasteiger partial charge in [0.25, 0.3) is 0 Å². The van der Waals surface area contributed by atoms with Gasteiger partial charge in [-0.1, -0.05) is 52.9 Å². The Bertz CT molecular complexity index is 400. The summed E-state index contributed by atoms with van der Waals surface area (Å²) < 4.78 is 2.24. The molecule has 2 rings (SSSR count). The zero-order valence-electron chi connectivity index (χ0n) is 12.8. The predicted octanol–water partition coefficient (Wildman–Crippen LogP) is 3.81. The molecule has 1 fully saturated rings. The monoisotopic (exact) mass is 263 g/mol. The average Bonchev–Trinajstić information content (AvgIpc) is 2.68. The number of anilines is 1. The summed E-state index contributed by atoms with van der Waals surface area (Å²) in [5.41, 5.74) is 7.50. The van der Waals surface area contributed by atoms with Crippen molar-refractivity contribution in [2.45, 2.75) is 72.3 Å². The van der Waals surface area contributed by atoms with Crippen molar-refractivity contribution < 1.29 is 0 Å². The minimum atomic E-state index is 0.615. The second-order valence-electron chi connectivity index (χ2n) is 6.43. The first kappa shape index (κ1) is 14.4. The molecule has 2 N–H and O–H groups in total. The van der Waals surface area contributed by atoms with Gasteiger partial charge in [0.05, 0.1) is 5.69 Å². The van der Waals surface area contributed by atoms with Crippen molar-refractivity contribution in [3.05, 3.63) is 11.5 Å². The van der Waals surface area contributed by atoms with Crippen LogP contribution in [0.3, 0.4) is 0 Å². The van der Waals surface area contributed by atoms with E-state index in [1.807, 2.05) is 0 Å². The molecule has 108 valence electrons. The van der Waals surface area contributed by atoms with Crippen LogP contribution in [-0.2, 0) is 19.4 Å². The van der Waals surface area contributed by atoms with E-state index in [9.17, 15) is 0 Å². The van der Waals surface area contributed by atoms with Gasteiger partial charge in [-0.25, -0.2) is 4.98 Å². The summed E-state index contributed by atoms with van der Waals surface area (Å²) in [6.07, 6.45) is 8.96. The summed E-state index contributed by atoms with van der Waals surface area (Å²) in [5.74, 6) is 3.51. The highest BCUT2D eigenvalue weighted by Crippen LogP contribution is 2.29. The van der Waals surface area contributed by atoms with E-state index in [4.69, 9.17) is 10.7 Å². The largest absolute Gasteiger partial charge is 0.384 e. The molecule has 1 aromatic rings. The van der Waals surface area contributed by atoms with E-state index in [2.05, 4.69) is 25.3 Å². The van der Waals surface area contributed by atoms with Crippen LogP contribution in [0, 0.1) is 11.8 Å². The molecule has 0 amide bonds. The normalized spacial score (nSPS) is 17.3. The van der Waals surface area contributed by atoms with E-state index in [1.165, 1.54) is 32.1 Å². The molecule has 0 bridgehead atoms. The Hall–Kier alpha value is -0.990. The molecule has 0 unspecified atom stereocenters. The molecule has 0 spiro atoms. The third kappa shape index (κ3) is 3.52. The Morgan fingerprint density at radius 3 is 2.53 bits per heavy atom. The van der Waals surface area contributed by atoms with Crippen molar-refractivity contribution in [1.82, 2.24) is 9.55 Å². The van der Waals surface area contributed by atoms with Gasteiger partial charge in [0, 0.05) is 13.0 Å². The molecule has 3 heteroatoms. The van der Waals surface area contributed by atoms with Crippen LogP contribution in [0.4, 0.5) is 5.82 Å². The fourth-order valence-electron chi connectivity index (χ4n) is 3.22. The average molecular weight is 263 g/mol. The Kier molecular flexibility index (Phi) is 4.89. The SMILES string of the molecule is CCc1nc(CC2CCCCC2)c(N)n1CC(C)C. The van der Waals surface area contributed by atoms with Gasteiger partial charge >= 0.3 is 0 Å². The van der Waals surface area contributed by atoms with Crippen LogP contribution in [0.2, 0.25) is 0 Å². The van der Waals surface area contributed by atoms with Crippen molar-refractivity contribution in [1.29, 1.82) is 0 Å². The third-order valence-electron chi connectivity index (χ3n) is 4.23. The molecule has 1 aliphatic carbocycles. The van der Waals surface area contributed by atoms with Crippen molar-refractivity contribution in [2.75, 3.05) is 5.73 Å². The lowest BCUT2D eigenvalue weighted by molar-refractivity contribution is 0.355. The number of nitrogen functional groups attached to an aromatic ring is 1. The third-order valence-corrected chi connectivity index (χ3v) is 4.23. The fraction of sp³-hybridized carbons (Fsp3) is 0.812. The number of hydrogen-bond donors (Lipinski definition) is 1. The minimum absolute atomic E-state index is 0.615. The van der Waals surface area contributed by atoms with Crippen LogP contribution >= 0.6 is 0 Å². The smallest absolute Gasteiger partial charge is 0.126 e. The fourth-order valence-corrected chi connectivity index (χ4v) is 3.22. The molecule has 19 heavy (non-hydrogen) atoms. The topological polar surface area (TPSA) is 43.8 Å². The molecule has 3 nitrogen and oxygen atoms in total. The summed E-state index contributed by atoms with van der Waals surface area (Å²) in [4.78, 5) is 4.81. The molecule has 0 atom stereocenters. The highest BCUT2D eigenvalue weighted by atomic mass is 15.1. The van der Waals surface area contributed by atoms with Crippen LogP contribution in [0.5, 0.6) is 0 Å². The van der Waals surface area contributed by atoms with E-state index in [0.717, 1.165) is 42.6 Å². The molecule has 1 aromatic heterocycles. The standard InChI is InChI=1S/C16H29N3/c1-4-15-18-14(10-13-8-6-5-7-9-13)16(17)19(15)11-12(2)3/h12-13H,4-11,17H2,1-3H3. The lowest BCUT2D eigenvalue weighted by Gasteiger charge is -2.20. The van der Waals surface area contributed by atoms with Gasteiger partial charge in [0.2, 0.25) is 0 Å². The number of aromatic nitrogens is 2. The Morgan fingerprint density at radius 2 is 1.95 bits per heavy atom. The van der Waals surface area contributed by atoms with Crippen molar-refractivity contribution in [2.24, 2.45) is 11.8 Å². The molecular weight excluding hydrogens is 234 g/mol. The zero-order valence-corrected chi connectivity index (χ0v) is 12.8. The number of rotatable bonds is 5. The first-order valence-electron chi connectivity index (χ1n) is 7.95. The van der Waals surface area contributed by atoms with E-state index in [-0.39, 0.29) is 0 Å². The van der Waals surface area contributed by atoms with E-state index in [1.54, 1.807) is 0 Å². The Morgan fingerprint density at radius 1 is 1.26 bits per heavy atom. The first-order valence-corrected chi connectivity index (χ1v) is 7.95. The second kappa shape index (κ2) is 6.44. The number of nitrogens with two attached hydrogens (primary N) is 1. The van der Waals surface area contributed by atoms with Crippen molar-refractivity contribution >= 4 is 5.82 Å². The van der Waals surface area contributed by atoms with Gasteiger partial charge in [0.1, 0.15) is 11.6 Å². The quantitative estimate of drug-likeness (QED) is 0.878. The van der Waals surface area contributed by atoms with Crippen LogP contribution in [0.1, 0.15) is 64.4 Å². The molecule has 0 aromatic carbocycles. The summed E-state index contributed by atoms with van der Waals surface area (Å²) >= 11 is 0. The van der Waals surface area contributed by atoms with Gasteiger partial charge in [-0.05, 0) is 18.3 Å². The lowest BCUT2D eigenvalue weighted by atomic mass is 9.86. The Labute approximate surface area is 117 Å². The second-order valence-corrected chi connectivity index (χ2v) is 6.43. The molecule has 0 aliphatic heterocycles. The number of hydrogen-bond acceptors (Lipinski definition) is 2. The van der Waals surface area contributed by atoms with Gasteiger partial charge in [0.15, 0.2) is 0 Å².